The highest BCUT2D eigenvalue weighted by Crippen LogP contribution is 2.27. The summed E-state index contributed by atoms with van der Waals surface area (Å²) < 4.78 is 22.8. The zero-order valence-electron chi connectivity index (χ0n) is 11.2. The molecule has 0 amide bonds. The monoisotopic (exact) mass is 324 g/mol. The van der Waals surface area contributed by atoms with Gasteiger partial charge in [-0.15, -0.1) is 0 Å². The number of hydrogen-bond acceptors (Lipinski definition) is 3. The number of carbonyl (C=O) groups is 1. The molecule has 2 aromatic carbocycles. The molecule has 0 aliphatic rings. The van der Waals surface area contributed by atoms with Crippen molar-refractivity contribution in [2.75, 3.05) is 6.26 Å². The lowest BCUT2D eigenvalue weighted by Crippen LogP contribution is -2.00. The molecule has 0 radical (unpaired) electrons. The van der Waals surface area contributed by atoms with Crippen LogP contribution in [0.2, 0.25) is 5.02 Å². The van der Waals surface area contributed by atoms with Crippen molar-refractivity contribution in [3.63, 3.8) is 0 Å². The molecular weight excluding hydrogens is 312 g/mol. The zero-order valence-corrected chi connectivity index (χ0v) is 12.8. The molecule has 0 aliphatic carbocycles. The van der Waals surface area contributed by atoms with Crippen molar-refractivity contribution in [3.05, 3.63) is 53.1 Å². The lowest BCUT2D eigenvalue weighted by Gasteiger charge is -2.07. The van der Waals surface area contributed by atoms with Crippen LogP contribution in [0.5, 0.6) is 0 Å². The van der Waals surface area contributed by atoms with Crippen molar-refractivity contribution in [1.29, 1.82) is 0 Å². The van der Waals surface area contributed by atoms with Crippen LogP contribution >= 0.6 is 11.6 Å². The SMILES string of the molecule is CS(=O)(=O)c1ccc(-c2ccc(CC(=O)O)c(Cl)c2)cc1. The topological polar surface area (TPSA) is 71.4 Å². The fourth-order valence-electron chi connectivity index (χ4n) is 1.93. The Hall–Kier alpha value is -1.85. The fourth-order valence-corrected chi connectivity index (χ4v) is 2.81. The molecule has 0 aromatic heterocycles. The van der Waals surface area contributed by atoms with Gasteiger partial charge in [-0.2, -0.15) is 0 Å². The van der Waals surface area contributed by atoms with Crippen LogP contribution in [0.15, 0.2) is 47.4 Å². The van der Waals surface area contributed by atoms with E-state index in [1.807, 2.05) is 0 Å². The Morgan fingerprint density at radius 1 is 1.10 bits per heavy atom. The predicted molar refractivity (Wildman–Crippen MR) is 81.3 cm³/mol. The molecule has 21 heavy (non-hydrogen) atoms. The molecular formula is C15H13ClO4S. The standard InChI is InChI=1S/C15H13ClO4S/c1-21(19,20)13-6-4-10(5-7-13)11-2-3-12(9-15(17)18)14(16)8-11/h2-8H,9H2,1H3,(H,17,18). The van der Waals surface area contributed by atoms with Gasteiger partial charge >= 0.3 is 5.97 Å². The number of sulfone groups is 1. The van der Waals surface area contributed by atoms with Crippen LogP contribution < -0.4 is 0 Å². The van der Waals surface area contributed by atoms with Crippen LogP contribution in [-0.4, -0.2) is 25.7 Å². The lowest BCUT2D eigenvalue weighted by molar-refractivity contribution is -0.136. The van der Waals surface area contributed by atoms with E-state index in [4.69, 9.17) is 16.7 Å². The third-order valence-corrected chi connectivity index (χ3v) is 4.49. The van der Waals surface area contributed by atoms with E-state index in [1.165, 1.54) is 12.1 Å². The summed E-state index contributed by atoms with van der Waals surface area (Å²) >= 11 is 6.07. The molecule has 4 nitrogen and oxygen atoms in total. The normalized spacial score (nSPS) is 11.3. The Morgan fingerprint density at radius 3 is 2.14 bits per heavy atom. The maximum atomic E-state index is 11.4. The maximum absolute atomic E-state index is 11.4. The minimum Gasteiger partial charge on any atom is -0.481 e. The van der Waals surface area contributed by atoms with E-state index in [0.29, 0.717) is 10.6 Å². The number of carboxylic acids is 1. The smallest absolute Gasteiger partial charge is 0.307 e. The van der Waals surface area contributed by atoms with Gasteiger partial charge in [-0.1, -0.05) is 35.9 Å². The summed E-state index contributed by atoms with van der Waals surface area (Å²) in [6, 6.07) is 11.6. The number of benzene rings is 2. The first-order chi connectivity index (χ1) is 9.77. The lowest BCUT2D eigenvalue weighted by atomic mass is 10.0. The van der Waals surface area contributed by atoms with E-state index in [9.17, 15) is 13.2 Å². The zero-order chi connectivity index (χ0) is 15.6. The molecule has 0 saturated carbocycles. The molecule has 0 unspecified atom stereocenters. The first kappa shape index (κ1) is 15.5. The molecule has 110 valence electrons. The molecule has 0 bridgehead atoms. The highest BCUT2D eigenvalue weighted by molar-refractivity contribution is 7.90. The quantitative estimate of drug-likeness (QED) is 0.938. The maximum Gasteiger partial charge on any atom is 0.307 e. The van der Waals surface area contributed by atoms with Gasteiger partial charge in [0.2, 0.25) is 0 Å². The molecule has 0 saturated heterocycles. The van der Waals surface area contributed by atoms with Crippen molar-refractivity contribution in [2.45, 2.75) is 11.3 Å². The van der Waals surface area contributed by atoms with Gasteiger partial charge in [-0.3, -0.25) is 4.79 Å². The van der Waals surface area contributed by atoms with Gasteiger partial charge in [0, 0.05) is 11.3 Å². The second kappa shape index (κ2) is 5.87. The van der Waals surface area contributed by atoms with Crippen LogP contribution in [0.25, 0.3) is 11.1 Å². The van der Waals surface area contributed by atoms with E-state index >= 15 is 0 Å². The average Bonchev–Trinajstić information content (AvgIpc) is 2.40. The molecule has 0 aliphatic heterocycles. The number of hydrogen-bond donors (Lipinski definition) is 1. The van der Waals surface area contributed by atoms with E-state index in [-0.39, 0.29) is 11.3 Å². The third kappa shape index (κ3) is 3.83. The number of rotatable bonds is 4. The second-order valence-corrected chi connectivity index (χ2v) is 7.10. The summed E-state index contributed by atoms with van der Waals surface area (Å²) in [7, 11) is -3.22. The molecule has 0 heterocycles. The first-order valence-electron chi connectivity index (χ1n) is 6.08. The second-order valence-electron chi connectivity index (χ2n) is 4.67. The van der Waals surface area contributed by atoms with Gasteiger partial charge in [0.05, 0.1) is 11.3 Å². The van der Waals surface area contributed by atoms with Crippen LogP contribution in [-0.2, 0) is 21.1 Å². The van der Waals surface area contributed by atoms with Crippen LogP contribution in [0.1, 0.15) is 5.56 Å². The van der Waals surface area contributed by atoms with Crippen LogP contribution in [0.4, 0.5) is 0 Å². The number of aliphatic carboxylic acids is 1. The van der Waals surface area contributed by atoms with E-state index < -0.39 is 15.8 Å². The van der Waals surface area contributed by atoms with Crippen molar-refractivity contribution >= 4 is 27.4 Å². The van der Waals surface area contributed by atoms with Gasteiger partial charge in [-0.05, 0) is 34.9 Å². The third-order valence-electron chi connectivity index (χ3n) is 3.01. The van der Waals surface area contributed by atoms with Gasteiger partial charge in [0.25, 0.3) is 0 Å². The van der Waals surface area contributed by atoms with E-state index in [2.05, 4.69) is 0 Å². The minimum atomic E-state index is -3.22. The Kier molecular flexibility index (Phi) is 4.34. The number of carboxylic acid groups (broad SMARTS) is 1. The average molecular weight is 325 g/mol. The molecule has 2 aromatic rings. The molecule has 0 fully saturated rings. The Morgan fingerprint density at radius 2 is 1.67 bits per heavy atom. The molecule has 0 atom stereocenters. The Labute approximate surface area is 127 Å². The van der Waals surface area contributed by atoms with Gasteiger partial charge in [-0.25, -0.2) is 8.42 Å². The summed E-state index contributed by atoms with van der Waals surface area (Å²) in [6.45, 7) is 0. The van der Waals surface area contributed by atoms with Gasteiger partial charge in [0.15, 0.2) is 9.84 Å². The fraction of sp³-hybridized carbons (Fsp3) is 0.133. The van der Waals surface area contributed by atoms with E-state index in [0.717, 1.165) is 17.4 Å². The highest BCUT2D eigenvalue weighted by atomic mass is 35.5. The van der Waals surface area contributed by atoms with Crippen molar-refractivity contribution < 1.29 is 18.3 Å². The first-order valence-corrected chi connectivity index (χ1v) is 8.35. The van der Waals surface area contributed by atoms with Crippen LogP contribution in [0, 0.1) is 0 Å². The minimum absolute atomic E-state index is 0.133. The van der Waals surface area contributed by atoms with Crippen molar-refractivity contribution in [1.82, 2.24) is 0 Å². The van der Waals surface area contributed by atoms with Crippen molar-refractivity contribution in [2.24, 2.45) is 0 Å². The van der Waals surface area contributed by atoms with Crippen LogP contribution in [0.3, 0.4) is 0 Å². The molecule has 0 spiro atoms. The molecule has 1 N–H and O–H groups in total. The molecule has 6 heteroatoms. The van der Waals surface area contributed by atoms with E-state index in [1.54, 1.807) is 30.3 Å². The van der Waals surface area contributed by atoms with Gasteiger partial charge < -0.3 is 5.11 Å². The number of halogens is 1. The summed E-state index contributed by atoms with van der Waals surface area (Å²) in [6.07, 6.45) is 1.02. The van der Waals surface area contributed by atoms with Crippen molar-refractivity contribution in [3.8, 4) is 11.1 Å². The summed E-state index contributed by atoms with van der Waals surface area (Å²) in [5.41, 5.74) is 2.15. The highest BCUT2D eigenvalue weighted by Gasteiger charge is 2.09. The summed E-state index contributed by atoms with van der Waals surface area (Å²) in [5, 5.41) is 9.15. The summed E-state index contributed by atoms with van der Waals surface area (Å²) in [5.74, 6) is -0.942. The summed E-state index contributed by atoms with van der Waals surface area (Å²) in [4.78, 5) is 10.9. The Bertz CT molecular complexity index is 780. The predicted octanol–water partition coefficient (Wildman–Crippen LogP) is 3.04. The largest absolute Gasteiger partial charge is 0.481 e. The molecule has 2 rings (SSSR count). The Balaban J connectivity index is 2.35. The van der Waals surface area contributed by atoms with Gasteiger partial charge in [0.1, 0.15) is 0 Å².